The lowest BCUT2D eigenvalue weighted by Gasteiger charge is -2.23. The van der Waals surface area contributed by atoms with E-state index < -0.39 is 0 Å². The number of aromatic nitrogens is 4. The van der Waals surface area contributed by atoms with Crippen molar-refractivity contribution in [2.24, 2.45) is 0 Å². The third kappa shape index (κ3) is 2.26. The zero-order chi connectivity index (χ0) is 12.4. The fraction of sp³-hybridized carbons (Fsp3) is 0.462. The second-order valence-corrected chi connectivity index (χ2v) is 4.80. The zero-order valence-corrected chi connectivity index (χ0v) is 10.5. The standard InChI is InChI=1S/C13H17N5/c1-10-7-14-8-12(16-10)13-3-2-6-18(13)9-11-4-5-15-17-11/h4-5,7-8,13H,2-3,6,9H2,1H3,(H,15,17). The van der Waals surface area contributed by atoms with E-state index in [4.69, 9.17) is 0 Å². The van der Waals surface area contributed by atoms with E-state index in [-0.39, 0.29) is 0 Å². The first-order valence-electron chi connectivity index (χ1n) is 6.34. The molecule has 0 radical (unpaired) electrons. The molecule has 1 saturated heterocycles. The summed E-state index contributed by atoms with van der Waals surface area (Å²) in [6.07, 6.45) is 7.87. The highest BCUT2D eigenvalue weighted by atomic mass is 15.2. The van der Waals surface area contributed by atoms with Crippen LogP contribution in [0.25, 0.3) is 0 Å². The number of hydrogen-bond donors (Lipinski definition) is 1. The molecule has 1 fully saturated rings. The monoisotopic (exact) mass is 243 g/mol. The minimum Gasteiger partial charge on any atom is -0.289 e. The normalized spacial score (nSPS) is 20.4. The van der Waals surface area contributed by atoms with E-state index in [1.54, 1.807) is 12.4 Å². The van der Waals surface area contributed by atoms with Gasteiger partial charge in [-0.05, 0) is 32.4 Å². The molecule has 1 N–H and O–H groups in total. The molecule has 3 rings (SSSR count). The SMILES string of the molecule is Cc1cncc(C2CCCN2Cc2ccn[nH]2)n1. The summed E-state index contributed by atoms with van der Waals surface area (Å²) in [5.41, 5.74) is 3.23. The molecule has 3 heterocycles. The van der Waals surface area contributed by atoms with Gasteiger partial charge < -0.3 is 0 Å². The number of likely N-dealkylation sites (tertiary alicyclic amines) is 1. The third-order valence-corrected chi connectivity index (χ3v) is 3.41. The Morgan fingerprint density at radius 1 is 1.44 bits per heavy atom. The van der Waals surface area contributed by atoms with Gasteiger partial charge in [0.2, 0.25) is 0 Å². The predicted octanol–water partition coefficient (Wildman–Crippen LogP) is 1.85. The van der Waals surface area contributed by atoms with Gasteiger partial charge in [-0.25, -0.2) is 0 Å². The summed E-state index contributed by atoms with van der Waals surface area (Å²) in [6.45, 7) is 4.00. The first-order chi connectivity index (χ1) is 8.83. The van der Waals surface area contributed by atoms with Gasteiger partial charge in [-0.15, -0.1) is 0 Å². The molecule has 1 aliphatic rings. The molecule has 0 spiro atoms. The topological polar surface area (TPSA) is 57.7 Å². The maximum Gasteiger partial charge on any atom is 0.0761 e. The van der Waals surface area contributed by atoms with Crippen LogP contribution in [0.1, 0.15) is 36.0 Å². The van der Waals surface area contributed by atoms with Crippen LogP contribution in [0, 0.1) is 6.92 Å². The van der Waals surface area contributed by atoms with Crippen molar-refractivity contribution >= 4 is 0 Å². The Balaban J connectivity index is 1.79. The van der Waals surface area contributed by atoms with Gasteiger partial charge in [0.1, 0.15) is 0 Å². The molecule has 1 aliphatic heterocycles. The molecular formula is C13H17N5. The minimum absolute atomic E-state index is 0.390. The summed E-state index contributed by atoms with van der Waals surface area (Å²) in [5.74, 6) is 0. The Bertz CT molecular complexity index is 508. The van der Waals surface area contributed by atoms with E-state index in [2.05, 4.69) is 25.1 Å². The average molecular weight is 243 g/mol. The van der Waals surface area contributed by atoms with Crippen molar-refractivity contribution in [3.05, 3.63) is 41.7 Å². The summed E-state index contributed by atoms with van der Waals surface area (Å²) in [7, 11) is 0. The Morgan fingerprint density at radius 2 is 2.39 bits per heavy atom. The van der Waals surface area contributed by atoms with Crippen molar-refractivity contribution < 1.29 is 0 Å². The highest BCUT2D eigenvalue weighted by Crippen LogP contribution is 2.31. The summed E-state index contributed by atoms with van der Waals surface area (Å²) in [5, 5.41) is 7.02. The molecule has 2 aromatic heterocycles. The zero-order valence-electron chi connectivity index (χ0n) is 10.5. The molecule has 0 amide bonds. The Labute approximate surface area is 106 Å². The fourth-order valence-electron chi connectivity index (χ4n) is 2.59. The molecule has 0 aliphatic carbocycles. The van der Waals surface area contributed by atoms with Gasteiger partial charge in [0.05, 0.1) is 17.4 Å². The van der Waals surface area contributed by atoms with Crippen LogP contribution in [0.4, 0.5) is 0 Å². The Kier molecular flexibility index (Phi) is 3.06. The molecule has 5 nitrogen and oxygen atoms in total. The lowest BCUT2D eigenvalue weighted by Crippen LogP contribution is -2.24. The number of hydrogen-bond acceptors (Lipinski definition) is 4. The molecule has 94 valence electrons. The van der Waals surface area contributed by atoms with Gasteiger partial charge in [-0.2, -0.15) is 5.10 Å². The van der Waals surface area contributed by atoms with Crippen molar-refractivity contribution in [3.8, 4) is 0 Å². The molecular weight excluding hydrogens is 226 g/mol. The smallest absolute Gasteiger partial charge is 0.0761 e. The number of aryl methyl sites for hydroxylation is 1. The van der Waals surface area contributed by atoms with Crippen molar-refractivity contribution in [2.75, 3.05) is 6.54 Å². The molecule has 1 atom stereocenters. The second kappa shape index (κ2) is 4.86. The van der Waals surface area contributed by atoms with Gasteiger partial charge in [0, 0.05) is 30.8 Å². The highest BCUT2D eigenvalue weighted by Gasteiger charge is 2.27. The number of rotatable bonds is 3. The van der Waals surface area contributed by atoms with Crippen LogP contribution >= 0.6 is 0 Å². The molecule has 5 heteroatoms. The first kappa shape index (κ1) is 11.3. The Morgan fingerprint density at radius 3 is 3.17 bits per heavy atom. The van der Waals surface area contributed by atoms with E-state index in [1.165, 1.54) is 6.42 Å². The van der Waals surface area contributed by atoms with Crippen molar-refractivity contribution in [3.63, 3.8) is 0 Å². The van der Waals surface area contributed by atoms with E-state index in [0.29, 0.717) is 6.04 Å². The van der Waals surface area contributed by atoms with Gasteiger partial charge in [-0.3, -0.25) is 20.0 Å². The van der Waals surface area contributed by atoms with E-state index in [0.717, 1.165) is 36.6 Å². The van der Waals surface area contributed by atoms with Gasteiger partial charge in [0.25, 0.3) is 0 Å². The lowest BCUT2D eigenvalue weighted by atomic mass is 10.1. The van der Waals surface area contributed by atoms with Crippen LogP contribution in [0.5, 0.6) is 0 Å². The maximum atomic E-state index is 4.60. The quantitative estimate of drug-likeness (QED) is 0.893. The van der Waals surface area contributed by atoms with Crippen molar-refractivity contribution in [1.82, 2.24) is 25.1 Å². The van der Waals surface area contributed by atoms with E-state index in [9.17, 15) is 0 Å². The van der Waals surface area contributed by atoms with Crippen LogP contribution in [0.3, 0.4) is 0 Å². The molecule has 1 unspecified atom stereocenters. The highest BCUT2D eigenvalue weighted by molar-refractivity contribution is 5.09. The fourth-order valence-corrected chi connectivity index (χ4v) is 2.59. The van der Waals surface area contributed by atoms with Crippen molar-refractivity contribution in [2.45, 2.75) is 32.4 Å². The second-order valence-electron chi connectivity index (χ2n) is 4.80. The number of nitrogens with one attached hydrogen (secondary N) is 1. The largest absolute Gasteiger partial charge is 0.289 e. The summed E-state index contributed by atoms with van der Waals surface area (Å²) >= 11 is 0. The predicted molar refractivity (Wildman–Crippen MR) is 67.7 cm³/mol. The Hall–Kier alpha value is -1.75. The molecule has 0 bridgehead atoms. The van der Waals surface area contributed by atoms with Crippen molar-refractivity contribution in [1.29, 1.82) is 0 Å². The number of nitrogens with zero attached hydrogens (tertiary/aromatic N) is 4. The van der Waals surface area contributed by atoms with Crippen LogP contribution in [-0.4, -0.2) is 31.6 Å². The summed E-state index contributed by atoms with van der Waals surface area (Å²) in [4.78, 5) is 11.3. The van der Waals surface area contributed by atoms with Crippen LogP contribution < -0.4 is 0 Å². The molecule has 2 aromatic rings. The van der Waals surface area contributed by atoms with Gasteiger partial charge in [0.15, 0.2) is 0 Å². The molecule has 0 aromatic carbocycles. The van der Waals surface area contributed by atoms with Gasteiger partial charge >= 0.3 is 0 Å². The van der Waals surface area contributed by atoms with Crippen LogP contribution in [-0.2, 0) is 6.54 Å². The number of H-pyrrole nitrogens is 1. The third-order valence-electron chi connectivity index (χ3n) is 3.41. The maximum absolute atomic E-state index is 4.60. The number of aromatic amines is 1. The van der Waals surface area contributed by atoms with E-state index >= 15 is 0 Å². The first-order valence-corrected chi connectivity index (χ1v) is 6.34. The lowest BCUT2D eigenvalue weighted by molar-refractivity contribution is 0.241. The minimum atomic E-state index is 0.390. The van der Waals surface area contributed by atoms with Crippen LogP contribution in [0.15, 0.2) is 24.7 Å². The van der Waals surface area contributed by atoms with Gasteiger partial charge in [-0.1, -0.05) is 0 Å². The van der Waals surface area contributed by atoms with Crippen LogP contribution in [0.2, 0.25) is 0 Å². The van der Waals surface area contributed by atoms with E-state index in [1.807, 2.05) is 19.2 Å². The molecule has 0 saturated carbocycles. The summed E-state index contributed by atoms with van der Waals surface area (Å²) < 4.78 is 0. The average Bonchev–Trinajstić information content (AvgIpc) is 3.01. The molecule has 18 heavy (non-hydrogen) atoms. The summed E-state index contributed by atoms with van der Waals surface area (Å²) in [6, 6.07) is 2.41.